The predicted octanol–water partition coefficient (Wildman–Crippen LogP) is 5.86. The summed E-state index contributed by atoms with van der Waals surface area (Å²) in [6.07, 6.45) is 8.19. The zero-order valence-electron chi connectivity index (χ0n) is 16.4. The number of aryl methyl sites for hydroxylation is 4. The van der Waals surface area contributed by atoms with Crippen molar-refractivity contribution in [3.8, 4) is 0 Å². The van der Waals surface area contributed by atoms with Crippen LogP contribution >= 0.6 is 0 Å². The van der Waals surface area contributed by atoms with Gasteiger partial charge in [-0.25, -0.2) is 4.98 Å². The van der Waals surface area contributed by atoms with Crippen LogP contribution in [0.5, 0.6) is 0 Å². The molecular weight excluding hydrogens is 316 g/mol. The average Bonchev–Trinajstić information content (AvgIpc) is 3.12. The highest BCUT2D eigenvalue weighted by molar-refractivity contribution is 5.33. The van der Waals surface area contributed by atoms with Crippen LogP contribution in [0.3, 0.4) is 0 Å². The van der Waals surface area contributed by atoms with Gasteiger partial charge in [0.05, 0.1) is 6.33 Å². The molecular formula is C24H30N2. The highest BCUT2D eigenvalue weighted by Gasteiger charge is 2.21. The van der Waals surface area contributed by atoms with E-state index in [9.17, 15) is 0 Å². The monoisotopic (exact) mass is 346 g/mol. The normalized spacial score (nSPS) is 13.5. The molecule has 0 aliphatic carbocycles. The fourth-order valence-corrected chi connectivity index (χ4v) is 3.86. The topological polar surface area (TPSA) is 17.8 Å². The fraction of sp³-hybridized carbons (Fsp3) is 0.375. The minimum Gasteiger partial charge on any atom is -0.337 e. The molecule has 136 valence electrons. The van der Waals surface area contributed by atoms with Crippen LogP contribution < -0.4 is 0 Å². The fourth-order valence-electron chi connectivity index (χ4n) is 3.86. The number of benzene rings is 2. The van der Waals surface area contributed by atoms with Gasteiger partial charge in [-0.05, 0) is 62.1 Å². The van der Waals surface area contributed by atoms with Crippen molar-refractivity contribution in [2.24, 2.45) is 5.92 Å². The first-order chi connectivity index (χ1) is 12.5. The van der Waals surface area contributed by atoms with E-state index >= 15 is 0 Å². The van der Waals surface area contributed by atoms with Crippen molar-refractivity contribution in [2.45, 2.75) is 53.0 Å². The quantitative estimate of drug-likeness (QED) is 0.524. The van der Waals surface area contributed by atoms with Gasteiger partial charge in [0.15, 0.2) is 0 Å². The van der Waals surface area contributed by atoms with E-state index in [-0.39, 0.29) is 0 Å². The molecule has 0 bridgehead atoms. The van der Waals surface area contributed by atoms with Gasteiger partial charge in [-0.1, -0.05) is 60.5 Å². The van der Waals surface area contributed by atoms with Gasteiger partial charge in [0.25, 0.3) is 0 Å². The Morgan fingerprint density at radius 3 is 2.35 bits per heavy atom. The minimum atomic E-state index is 0.517. The molecule has 0 N–H and O–H groups in total. The Labute approximate surface area is 157 Å². The Bertz CT molecular complexity index is 816. The molecule has 2 heteroatoms. The lowest BCUT2D eigenvalue weighted by Gasteiger charge is -2.26. The van der Waals surface area contributed by atoms with Crippen LogP contribution in [0.15, 0.2) is 61.2 Å². The molecule has 0 fully saturated rings. The summed E-state index contributed by atoms with van der Waals surface area (Å²) < 4.78 is 2.22. The molecule has 0 radical (unpaired) electrons. The van der Waals surface area contributed by atoms with Crippen molar-refractivity contribution in [3.05, 3.63) is 89.0 Å². The Morgan fingerprint density at radius 1 is 0.962 bits per heavy atom. The van der Waals surface area contributed by atoms with Crippen molar-refractivity contribution < 1.29 is 0 Å². The Morgan fingerprint density at radius 2 is 1.69 bits per heavy atom. The maximum atomic E-state index is 4.23. The van der Waals surface area contributed by atoms with Crippen LogP contribution in [-0.2, 0) is 13.0 Å². The van der Waals surface area contributed by atoms with Crippen LogP contribution in [0, 0.1) is 26.7 Å². The van der Waals surface area contributed by atoms with Crippen LogP contribution in [0.25, 0.3) is 0 Å². The second-order valence-corrected chi connectivity index (χ2v) is 7.69. The van der Waals surface area contributed by atoms with E-state index < -0.39 is 0 Å². The van der Waals surface area contributed by atoms with E-state index in [4.69, 9.17) is 0 Å². The van der Waals surface area contributed by atoms with E-state index in [1.54, 1.807) is 0 Å². The third-order valence-electron chi connectivity index (χ3n) is 5.55. The van der Waals surface area contributed by atoms with Crippen molar-refractivity contribution in [2.75, 3.05) is 0 Å². The predicted molar refractivity (Wildman–Crippen MR) is 110 cm³/mol. The average molecular weight is 347 g/mol. The van der Waals surface area contributed by atoms with Gasteiger partial charge in [0, 0.05) is 18.9 Å². The van der Waals surface area contributed by atoms with E-state index in [2.05, 4.69) is 85.9 Å². The first kappa shape index (κ1) is 18.4. The molecule has 0 amide bonds. The number of nitrogens with zero attached hydrogens (tertiary/aromatic N) is 2. The third-order valence-corrected chi connectivity index (χ3v) is 5.55. The zero-order valence-corrected chi connectivity index (χ0v) is 16.4. The van der Waals surface area contributed by atoms with Gasteiger partial charge in [0.2, 0.25) is 0 Å². The lowest BCUT2D eigenvalue weighted by molar-refractivity contribution is 0.358. The summed E-state index contributed by atoms with van der Waals surface area (Å²) in [5.74, 6) is 1.09. The maximum Gasteiger partial charge on any atom is 0.0946 e. The SMILES string of the molecule is Cc1ccc(CCC(Cn2ccnc2)C(C)c2ccc(C)cc2C)cc1. The van der Waals surface area contributed by atoms with Gasteiger partial charge < -0.3 is 4.57 Å². The molecule has 2 nitrogen and oxygen atoms in total. The van der Waals surface area contributed by atoms with E-state index in [0.29, 0.717) is 11.8 Å². The standard InChI is InChI=1S/C24H30N2/c1-18-5-8-22(9-6-18)10-11-23(16-26-14-13-25-17-26)21(4)24-12-7-19(2)15-20(24)3/h5-9,12-15,17,21,23H,10-11,16H2,1-4H3. The number of rotatable bonds is 7. The molecule has 0 spiro atoms. The van der Waals surface area contributed by atoms with Gasteiger partial charge in [-0.2, -0.15) is 0 Å². The van der Waals surface area contributed by atoms with Crippen molar-refractivity contribution in [1.29, 1.82) is 0 Å². The van der Waals surface area contributed by atoms with Crippen LogP contribution in [0.4, 0.5) is 0 Å². The van der Waals surface area contributed by atoms with Crippen molar-refractivity contribution in [3.63, 3.8) is 0 Å². The molecule has 3 aromatic rings. The van der Waals surface area contributed by atoms with E-state index in [1.165, 1.54) is 34.2 Å². The number of imidazole rings is 1. The second-order valence-electron chi connectivity index (χ2n) is 7.69. The Kier molecular flexibility index (Phi) is 5.92. The van der Waals surface area contributed by atoms with Crippen LogP contribution in [-0.4, -0.2) is 9.55 Å². The van der Waals surface area contributed by atoms with Gasteiger partial charge >= 0.3 is 0 Å². The molecule has 0 saturated carbocycles. The van der Waals surface area contributed by atoms with Gasteiger partial charge in [-0.15, -0.1) is 0 Å². The van der Waals surface area contributed by atoms with Gasteiger partial charge in [-0.3, -0.25) is 0 Å². The number of aromatic nitrogens is 2. The molecule has 0 aliphatic rings. The number of hydrogen-bond donors (Lipinski definition) is 0. The molecule has 2 atom stereocenters. The first-order valence-electron chi connectivity index (χ1n) is 9.61. The second kappa shape index (κ2) is 8.35. The molecule has 26 heavy (non-hydrogen) atoms. The summed E-state index contributed by atoms with van der Waals surface area (Å²) in [4.78, 5) is 4.23. The molecule has 3 rings (SSSR count). The Hall–Kier alpha value is -2.35. The highest BCUT2D eigenvalue weighted by Crippen LogP contribution is 2.32. The summed E-state index contributed by atoms with van der Waals surface area (Å²) >= 11 is 0. The summed E-state index contributed by atoms with van der Waals surface area (Å²) in [6, 6.07) is 15.8. The maximum absolute atomic E-state index is 4.23. The molecule has 2 unspecified atom stereocenters. The lowest BCUT2D eigenvalue weighted by atomic mass is 9.81. The first-order valence-corrected chi connectivity index (χ1v) is 9.61. The molecule has 2 aromatic carbocycles. The highest BCUT2D eigenvalue weighted by atomic mass is 15.0. The third kappa shape index (κ3) is 4.63. The van der Waals surface area contributed by atoms with Crippen molar-refractivity contribution >= 4 is 0 Å². The van der Waals surface area contributed by atoms with Crippen molar-refractivity contribution in [1.82, 2.24) is 9.55 Å². The Balaban J connectivity index is 1.78. The minimum absolute atomic E-state index is 0.517. The summed E-state index contributed by atoms with van der Waals surface area (Å²) in [5, 5.41) is 0. The smallest absolute Gasteiger partial charge is 0.0946 e. The molecule has 0 aliphatic heterocycles. The van der Waals surface area contributed by atoms with E-state index in [1.807, 2.05) is 12.5 Å². The summed E-state index contributed by atoms with van der Waals surface area (Å²) in [5.41, 5.74) is 6.98. The summed E-state index contributed by atoms with van der Waals surface area (Å²) in [7, 11) is 0. The van der Waals surface area contributed by atoms with Crippen LogP contribution in [0.1, 0.15) is 47.1 Å². The zero-order chi connectivity index (χ0) is 18.5. The largest absolute Gasteiger partial charge is 0.337 e. The molecule has 1 heterocycles. The molecule has 0 saturated heterocycles. The summed E-state index contributed by atoms with van der Waals surface area (Å²) in [6.45, 7) is 9.96. The van der Waals surface area contributed by atoms with Crippen LogP contribution in [0.2, 0.25) is 0 Å². The molecule has 1 aromatic heterocycles. The van der Waals surface area contributed by atoms with Gasteiger partial charge in [0.1, 0.15) is 0 Å². The lowest BCUT2D eigenvalue weighted by Crippen LogP contribution is -2.18. The number of hydrogen-bond acceptors (Lipinski definition) is 1. The van der Waals surface area contributed by atoms with E-state index in [0.717, 1.165) is 13.0 Å².